The second-order valence-electron chi connectivity index (χ2n) is 4.90. The minimum atomic E-state index is -0.381. The molecule has 0 aliphatic carbocycles. The summed E-state index contributed by atoms with van der Waals surface area (Å²) in [4.78, 5) is 18.5. The van der Waals surface area contributed by atoms with Gasteiger partial charge in [-0.15, -0.1) is 0 Å². The number of hydrogen-bond acceptors (Lipinski definition) is 4. The monoisotopic (exact) mass is 337 g/mol. The van der Waals surface area contributed by atoms with Gasteiger partial charge in [0.15, 0.2) is 5.17 Å². The van der Waals surface area contributed by atoms with Crippen molar-refractivity contribution in [2.75, 3.05) is 10.7 Å². The highest BCUT2D eigenvalue weighted by Crippen LogP contribution is 2.29. The van der Waals surface area contributed by atoms with Crippen LogP contribution in [0.5, 0.6) is 0 Å². The van der Waals surface area contributed by atoms with Crippen LogP contribution in [-0.4, -0.2) is 16.8 Å². The van der Waals surface area contributed by atoms with Crippen LogP contribution in [0.1, 0.15) is 5.56 Å². The van der Waals surface area contributed by atoms with Crippen LogP contribution in [0.15, 0.2) is 65.3 Å². The van der Waals surface area contributed by atoms with Crippen molar-refractivity contribution in [1.82, 2.24) is 0 Å². The van der Waals surface area contributed by atoms with Gasteiger partial charge in [-0.25, -0.2) is 9.38 Å². The Morgan fingerprint density at radius 1 is 1.17 bits per heavy atom. The summed E-state index contributed by atoms with van der Waals surface area (Å²) in [5.41, 5.74) is 1.66. The van der Waals surface area contributed by atoms with Crippen LogP contribution in [0.3, 0.4) is 0 Å². The van der Waals surface area contributed by atoms with Crippen molar-refractivity contribution >= 4 is 34.6 Å². The van der Waals surface area contributed by atoms with E-state index in [1.54, 1.807) is 6.08 Å². The number of nitriles is 1. The molecular formula is C18H12FN3OS. The number of halogens is 1. The second kappa shape index (κ2) is 7.11. The number of anilines is 1. The predicted octanol–water partition coefficient (Wildman–Crippen LogP) is 3.83. The predicted molar refractivity (Wildman–Crippen MR) is 93.8 cm³/mol. The molecule has 1 aliphatic heterocycles. The van der Waals surface area contributed by atoms with Crippen LogP contribution in [0, 0.1) is 17.1 Å². The quantitative estimate of drug-likeness (QED) is 0.800. The van der Waals surface area contributed by atoms with Gasteiger partial charge in [0.2, 0.25) is 0 Å². The summed E-state index contributed by atoms with van der Waals surface area (Å²) >= 11 is 1.17. The Bertz CT molecular complexity index is 854. The van der Waals surface area contributed by atoms with Gasteiger partial charge in [0, 0.05) is 0 Å². The molecule has 3 rings (SSSR count). The summed E-state index contributed by atoms with van der Waals surface area (Å²) in [6.45, 7) is 0. The Hall–Kier alpha value is -2.91. The third-order valence-corrected chi connectivity index (χ3v) is 4.09. The van der Waals surface area contributed by atoms with Crippen LogP contribution in [-0.2, 0) is 4.79 Å². The highest BCUT2D eigenvalue weighted by atomic mass is 32.2. The molecule has 0 N–H and O–H groups in total. The fourth-order valence-electron chi connectivity index (χ4n) is 2.21. The van der Waals surface area contributed by atoms with Gasteiger partial charge in [-0.3, -0.25) is 9.69 Å². The van der Waals surface area contributed by atoms with E-state index in [1.807, 2.05) is 36.4 Å². The lowest BCUT2D eigenvalue weighted by Gasteiger charge is -2.16. The van der Waals surface area contributed by atoms with Gasteiger partial charge in [0.05, 0.1) is 17.5 Å². The number of nitrogens with zero attached hydrogens (tertiary/aromatic N) is 3. The summed E-state index contributed by atoms with van der Waals surface area (Å²) < 4.78 is 13.1. The van der Waals surface area contributed by atoms with E-state index >= 15 is 0 Å². The average molecular weight is 337 g/mol. The van der Waals surface area contributed by atoms with Crippen LogP contribution in [0.2, 0.25) is 0 Å². The number of carbonyl (C=O) groups excluding carboxylic acids is 1. The van der Waals surface area contributed by atoms with E-state index in [2.05, 4.69) is 4.99 Å². The Kier molecular flexibility index (Phi) is 4.73. The maximum absolute atomic E-state index is 13.1. The Balaban J connectivity index is 1.98. The number of amidine groups is 1. The van der Waals surface area contributed by atoms with Crippen LogP contribution in [0.4, 0.5) is 10.1 Å². The van der Waals surface area contributed by atoms with Crippen molar-refractivity contribution in [3.8, 4) is 6.07 Å². The first-order valence-electron chi connectivity index (χ1n) is 7.14. The SMILES string of the molecule is N#CCSC1=NC(=Cc2ccccc2)C(=O)N1c1ccc(F)cc1. The van der Waals surface area contributed by atoms with E-state index in [4.69, 9.17) is 5.26 Å². The molecule has 0 saturated carbocycles. The molecule has 0 aromatic heterocycles. The van der Waals surface area contributed by atoms with Crippen molar-refractivity contribution in [2.24, 2.45) is 4.99 Å². The van der Waals surface area contributed by atoms with E-state index in [0.717, 1.165) is 5.56 Å². The molecule has 0 atom stereocenters. The summed E-state index contributed by atoms with van der Waals surface area (Å²) in [7, 11) is 0. The summed E-state index contributed by atoms with van der Waals surface area (Å²) in [5, 5.41) is 9.21. The van der Waals surface area contributed by atoms with Gasteiger partial charge in [0.25, 0.3) is 5.91 Å². The standard InChI is InChI=1S/C18H12FN3OS/c19-14-6-8-15(9-7-14)22-17(23)16(21-18(22)24-11-10-20)12-13-4-2-1-3-5-13/h1-9,12H,11H2. The summed E-state index contributed by atoms with van der Waals surface area (Å²) in [5.74, 6) is -0.512. The highest BCUT2D eigenvalue weighted by Gasteiger charge is 2.31. The molecular weight excluding hydrogens is 325 g/mol. The summed E-state index contributed by atoms with van der Waals surface area (Å²) in [6.07, 6.45) is 1.69. The van der Waals surface area contributed by atoms with Gasteiger partial charge in [-0.05, 0) is 35.9 Å². The Morgan fingerprint density at radius 3 is 2.54 bits per heavy atom. The first kappa shape index (κ1) is 16.0. The fourth-order valence-corrected chi connectivity index (χ4v) is 2.89. The highest BCUT2D eigenvalue weighted by molar-refractivity contribution is 8.14. The molecule has 0 spiro atoms. The first-order valence-corrected chi connectivity index (χ1v) is 8.13. The van der Waals surface area contributed by atoms with Crippen molar-refractivity contribution < 1.29 is 9.18 Å². The van der Waals surface area contributed by atoms with Crippen LogP contribution in [0.25, 0.3) is 6.08 Å². The van der Waals surface area contributed by atoms with Gasteiger partial charge >= 0.3 is 0 Å². The van der Waals surface area contributed by atoms with E-state index in [9.17, 15) is 9.18 Å². The lowest BCUT2D eigenvalue weighted by molar-refractivity contribution is -0.113. The van der Waals surface area contributed by atoms with E-state index in [0.29, 0.717) is 10.9 Å². The molecule has 1 heterocycles. The Labute approximate surface area is 142 Å². The second-order valence-corrected chi connectivity index (χ2v) is 5.84. The number of hydrogen-bond donors (Lipinski definition) is 0. The van der Waals surface area contributed by atoms with Crippen LogP contribution >= 0.6 is 11.8 Å². The Morgan fingerprint density at radius 2 is 1.88 bits per heavy atom. The fraction of sp³-hybridized carbons (Fsp3) is 0.0556. The number of rotatable bonds is 3. The maximum Gasteiger partial charge on any atom is 0.283 e. The maximum atomic E-state index is 13.1. The molecule has 0 unspecified atom stereocenters. The molecule has 4 nitrogen and oxygen atoms in total. The number of amides is 1. The normalized spacial score (nSPS) is 15.5. The molecule has 0 bridgehead atoms. The molecule has 0 radical (unpaired) electrons. The smallest absolute Gasteiger partial charge is 0.266 e. The largest absolute Gasteiger partial charge is 0.283 e. The van der Waals surface area contributed by atoms with Gasteiger partial charge in [0.1, 0.15) is 11.5 Å². The zero-order valence-corrected chi connectivity index (χ0v) is 13.3. The van der Waals surface area contributed by atoms with Crippen molar-refractivity contribution in [1.29, 1.82) is 5.26 Å². The number of thioether (sulfide) groups is 1. The molecule has 2 aromatic carbocycles. The topological polar surface area (TPSA) is 56.5 Å². The third kappa shape index (κ3) is 3.36. The minimum Gasteiger partial charge on any atom is -0.266 e. The third-order valence-electron chi connectivity index (χ3n) is 3.28. The van der Waals surface area contributed by atoms with E-state index < -0.39 is 0 Å². The number of aliphatic imine (C=N–C) groups is 1. The van der Waals surface area contributed by atoms with Crippen molar-refractivity contribution in [3.63, 3.8) is 0 Å². The van der Waals surface area contributed by atoms with Crippen LogP contribution < -0.4 is 4.90 Å². The molecule has 24 heavy (non-hydrogen) atoms. The molecule has 1 aliphatic rings. The zero-order chi connectivity index (χ0) is 16.9. The lowest BCUT2D eigenvalue weighted by atomic mass is 10.2. The summed E-state index contributed by atoms with van der Waals surface area (Å²) in [6, 6.07) is 17.0. The number of carbonyl (C=O) groups is 1. The first-order chi connectivity index (χ1) is 11.7. The molecule has 118 valence electrons. The van der Waals surface area contributed by atoms with Gasteiger partial charge in [-0.2, -0.15) is 5.26 Å². The number of benzene rings is 2. The molecule has 2 aromatic rings. The van der Waals surface area contributed by atoms with Gasteiger partial charge < -0.3 is 0 Å². The molecule has 0 fully saturated rings. The minimum absolute atomic E-state index is 0.169. The van der Waals surface area contributed by atoms with Crippen molar-refractivity contribution in [3.05, 3.63) is 71.7 Å². The van der Waals surface area contributed by atoms with E-state index in [1.165, 1.54) is 40.9 Å². The lowest BCUT2D eigenvalue weighted by Crippen LogP contribution is -2.30. The molecule has 1 amide bonds. The van der Waals surface area contributed by atoms with Crippen molar-refractivity contribution in [2.45, 2.75) is 0 Å². The zero-order valence-electron chi connectivity index (χ0n) is 12.5. The van der Waals surface area contributed by atoms with E-state index in [-0.39, 0.29) is 23.2 Å². The van der Waals surface area contributed by atoms with Gasteiger partial charge in [-0.1, -0.05) is 42.1 Å². The molecule has 6 heteroatoms. The molecule has 0 saturated heterocycles. The average Bonchev–Trinajstić information content (AvgIpc) is 2.90.